The number of hydrogen-bond acceptors (Lipinski definition) is 3. The number of ether oxygens (including phenoxy) is 1. The molecule has 2 heterocycles. The molecule has 1 amide bonds. The van der Waals surface area contributed by atoms with Crippen LogP contribution in [0.1, 0.15) is 34.9 Å². The summed E-state index contributed by atoms with van der Waals surface area (Å²) in [6, 6.07) is 11.8. The number of H-pyrrole nitrogens is 1. The van der Waals surface area contributed by atoms with Crippen molar-refractivity contribution in [1.29, 1.82) is 0 Å². The second kappa shape index (κ2) is 5.74. The zero-order valence-electron chi connectivity index (χ0n) is 13.8. The lowest BCUT2D eigenvalue weighted by Gasteiger charge is -2.20. The van der Waals surface area contributed by atoms with Crippen molar-refractivity contribution in [2.45, 2.75) is 32.4 Å². The fourth-order valence-corrected chi connectivity index (χ4v) is 2.99. The Hall–Kier alpha value is -2.69. The van der Waals surface area contributed by atoms with E-state index in [9.17, 15) is 4.79 Å². The number of benzene rings is 1. The molecule has 0 bridgehead atoms. The van der Waals surface area contributed by atoms with E-state index in [1.165, 1.54) is 0 Å². The number of carbonyl (C=O) groups is 1. The van der Waals surface area contributed by atoms with Crippen molar-refractivity contribution in [3.05, 3.63) is 53.6 Å². The predicted molar refractivity (Wildman–Crippen MR) is 91.2 cm³/mol. The third kappa shape index (κ3) is 2.77. The lowest BCUT2D eigenvalue weighted by atomic mass is 10.2. The fourth-order valence-electron chi connectivity index (χ4n) is 2.99. The minimum absolute atomic E-state index is 0.0155. The summed E-state index contributed by atoms with van der Waals surface area (Å²) in [5.74, 6) is 2.48. The molecule has 2 aromatic heterocycles. The highest BCUT2D eigenvalue weighted by Gasteiger charge is 2.34. The number of furan rings is 1. The molecule has 1 saturated carbocycles. The maximum Gasteiger partial charge on any atom is 0.270 e. The van der Waals surface area contributed by atoms with E-state index in [1.54, 1.807) is 7.11 Å². The molecule has 0 atom stereocenters. The van der Waals surface area contributed by atoms with Crippen LogP contribution in [0.4, 0.5) is 0 Å². The molecule has 1 aliphatic rings. The Morgan fingerprint density at radius 1 is 1.29 bits per heavy atom. The van der Waals surface area contributed by atoms with Crippen LogP contribution in [0.3, 0.4) is 0 Å². The number of amides is 1. The summed E-state index contributed by atoms with van der Waals surface area (Å²) < 4.78 is 10.9. The monoisotopic (exact) mass is 324 g/mol. The molecule has 0 aliphatic heterocycles. The fraction of sp³-hybridized carbons (Fsp3) is 0.316. The van der Waals surface area contributed by atoms with E-state index in [2.05, 4.69) is 4.98 Å². The summed E-state index contributed by atoms with van der Waals surface area (Å²) in [6.45, 7) is 2.42. The Kier molecular flexibility index (Phi) is 3.56. The molecule has 24 heavy (non-hydrogen) atoms. The van der Waals surface area contributed by atoms with Crippen LogP contribution >= 0.6 is 0 Å². The van der Waals surface area contributed by atoms with Gasteiger partial charge < -0.3 is 19.0 Å². The third-order valence-electron chi connectivity index (χ3n) is 4.43. The molecular weight excluding hydrogens is 304 g/mol. The van der Waals surface area contributed by atoms with Crippen molar-refractivity contribution in [1.82, 2.24) is 9.88 Å². The molecule has 0 saturated heterocycles. The lowest BCUT2D eigenvalue weighted by Crippen LogP contribution is -2.32. The van der Waals surface area contributed by atoms with Crippen molar-refractivity contribution in [3.63, 3.8) is 0 Å². The number of nitrogens with zero attached hydrogens (tertiary/aromatic N) is 1. The van der Waals surface area contributed by atoms with Crippen LogP contribution in [0.25, 0.3) is 10.9 Å². The molecule has 1 aromatic carbocycles. The largest absolute Gasteiger partial charge is 0.497 e. The lowest BCUT2D eigenvalue weighted by molar-refractivity contribution is 0.0712. The van der Waals surface area contributed by atoms with Crippen molar-refractivity contribution in [3.8, 4) is 5.75 Å². The van der Waals surface area contributed by atoms with Gasteiger partial charge in [-0.05, 0) is 50.1 Å². The minimum Gasteiger partial charge on any atom is -0.497 e. The average molecular weight is 324 g/mol. The number of nitrogens with one attached hydrogen (secondary N) is 1. The molecular formula is C19H20N2O3. The Morgan fingerprint density at radius 3 is 2.79 bits per heavy atom. The molecule has 4 rings (SSSR count). The number of carbonyl (C=O) groups excluding carboxylic acids is 1. The first-order valence-corrected chi connectivity index (χ1v) is 8.17. The van der Waals surface area contributed by atoms with E-state index < -0.39 is 0 Å². The maximum atomic E-state index is 13.0. The zero-order chi connectivity index (χ0) is 16.7. The molecule has 5 nitrogen and oxygen atoms in total. The second-order valence-electron chi connectivity index (χ2n) is 6.31. The highest BCUT2D eigenvalue weighted by molar-refractivity contribution is 5.98. The van der Waals surface area contributed by atoms with Crippen LogP contribution in [0.15, 0.2) is 40.8 Å². The van der Waals surface area contributed by atoms with Gasteiger partial charge in [-0.25, -0.2) is 0 Å². The van der Waals surface area contributed by atoms with E-state index in [1.807, 2.05) is 48.2 Å². The highest BCUT2D eigenvalue weighted by atomic mass is 16.5. The van der Waals surface area contributed by atoms with Crippen molar-refractivity contribution >= 4 is 16.8 Å². The van der Waals surface area contributed by atoms with E-state index >= 15 is 0 Å². The van der Waals surface area contributed by atoms with Gasteiger partial charge in [-0.1, -0.05) is 0 Å². The van der Waals surface area contributed by atoms with Gasteiger partial charge in [-0.2, -0.15) is 0 Å². The SMILES string of the molecule is COc1ccc2cc(C(=O)N(Cc3ccc(C)o3)C3CC3)[nH]c2c1. The van der Waals surface area contributed by atoms with Gasteiger partial charge in [-0.3, -0.25) is 4.79 Å². The highest BCUT2D eigenvalue weighted by Crippen LogP contribution is 2.31. The molecule has 1 fully saturated rings. The topological polar surface area (TPSA) is 58.5 Å². The third-order valence-corrected chi connectivity index (χ3v) is 4.43. The van der Waals surface area contributed by atoms with Gasteiger partial charge in [0.1, 0.15) is 23.0 Å². The van der Waals surface area contributed by atoms with Crippen molar-refractivity contribution < 1.29 is 13.9 Å². The number of aromatic nitrogens is 1. The molecule has 0 radical (unpaired) electrons. The van der Waals surface area contributed by atoms with Gasteiger partial charge in [0.2, 0.25) is 0 Å². The quantitative estimate of drug-likeness (QED) is 0.775. The van der Waals surface area contributed by atoms with Crippen molar-refractivity contribution in [2.75, 3.05) is 7.11 Å². The van der Waals surface area contributed by atoms with Crippen LogP contribution in [0, 0.1) is 6.92 Å². The van der Waals surface area contributed by atoms with Gasteiger partial charge in [0.25, 0.3) is 5.91 Å². The minimum atomic E-state index is 0.0155. The summed E-state index contributed by atoms with van der Waals surface area (Å²) in [6.07, 6.45) is 2.11. The van der Waals surface area contributed by atoms with Crippen LogP contribution in [0.2, 0.25) is 0 Å². The smallest absolute Gasteiger partial charge is 0.270 e. The van der Waals surface area contributed by atoms with Crippen LogP contribution < -0.4 is 4.74 Å². The van der Waals surface area contributed by atoms with E-state index in [0.29, 0.717) is 18.3 Å². The molecule has 3 aromatic rings. The van der Waals surface area contributed by atoms with Gasteiger partial charge in [-0.15, -0.1) is 0 Å². The molecule has 1 N–H and O–H groups in total. The van der Waals surface area contributed by atoms with Crippen LogP contribution in [-0.2, 0) is 6.54 Å². The predicted octanol–water partition coefficient (Wildman–Crippen LogP) is 3.88. The van der Waals surface area contributed by atoms with Gasteiger partial charge in [0.05, 0.1) is 13.7 Å². The molecule has 0 spiro atoms. The summed E-state index contributed by atoms with van der Waals surface area (Å²) in [5.41, 5.74) is 1.51. The van der Waals surface area contributed by atoms with E-state index in [-0.39, 0.29) is 5.91 Å². The number of aryl methyl sites for hydroxylation is 1. The van der Waals surface area contributed by atoms with E-state index in [0.717, 1.165) is 41.0 Å². The first kappa shape index (κ1) is 14.9. The zero-order valence-corrected chi connectivity index (χ0v) is 13.8. The molecule has 124 valence electrons. The Bertz CT molecular complexity index is 889. The Balaban J connectivity index is 1.62. The van der Waals surface area contributed by atoms with Crippen LogP contribution in [-0.4, -0.2) is 28.9 Å². The summed E-state index contributed by atoms with van der Waals surface area (Å²) in [7, 11) is 1.64. The van der Waals surface area contributed by atoms with Gasteiger partial charge >= 0.3 is 0 Å². The van der Waals surface area contributed by atoms with Crippen LogP contribution in [0.5, 0.6) is 5.75 Å². The van der Waals surface area contributed by atoms with Gasteiger partial charge in [0, 0.05) is 23.0 Å². The maximum absolute atomic E-state index is 13.0. The number of hydrogen-bond donors (Lipinski definition) is 1. The van der Waals surface area contributed by atoms with E-state index in [4.69, 9.17) is 9.15 Å². The van der Waals surface area contributed by atoms with Crippen molar-refractivity contribution in [2.24, 2.45) is 0 Å². The average Bonchev–Trinajstić information content (AvgIpc) is 3.20. The second-order valence-corrected chi connectivity index (χ2v) is 6.31. The summed E-state index contributed by atoms with van der Waals surface area (Å²) in [5, 5.41) is 1.00. The number of fused-ring (bicyclic) bond motifs is 1. The summed E-state index contributed by atoms with van der Waals surface area (Å²) >= 11 is 0. The normalized spacial score (nSPS) is 14.1. The molecule has 0 unspecified atom stereocenters. The number of aromatic amines is 1. The number of rotatable bonds is 5. The summed E-state index contributed by atoms with van der Waals surface area (Å²) in [4.78, 5) is 18.1. The first-order chi connectivity index (χ1) is 11.6. The Labute approximate surface area is 140 Å². The standard InChI is InChI=1S/C19H20N2O3/c1-12-3-7-16(24-12)11-21(14-5-6-14)19(22)18-9-13-4-8-15(23-2)10-17(13)20-18/h3-4,7-10,14,20H,5-6,11H2,1-2H3. The number of methoxy groups -OCH3 is 1. The first-order valence-electron chi connectivity index (χ1n) is 8.17. The Morgan fingerprint density at radius 2 is 2.12 bits per heavy atom. The van der Waals surface area contributed by atoms with Gasteiger partial charge in [0.15, 0.2) is 0 Å². The molecule has 1 aliphatic carbocycles. The molecule has 5 heteroatoms.